The van der Waals surface area contributed by atoms with Crippen LogP contribution in [0.15, 0.2) is 53.3 Å². The van der Waals surface area contributed by atoms with Gasteiger partial charge < -0.3 is 5.32 Å². The number of sulfone groups is 1. The molecule has 2 aliphatic carbocycles. The van der Waals surface area contributed by atoms with Gasteiger partial charge in [-0.15, -0.1) is 0 Å². The number of benzene rings is 3. The maximum Gasteiger partial charge on any atom is 0.293 e. The lowest BCUT2D eigenvalue weighted by molar-refractivity contribution is -0.123. The molecule has 2 N–H and O–H groups in total. The highest BCUT2D eigenvalue weighted by molar-refractivity contribution is 7.92. The number of carbonyl (C=O) groups excluding carboxylic acids is 1. The van der Waals surface area contributed by atoms with E-state index in [-0.39, 0.29) is 55.6 Å². The molecule has 1 amide bonds. The first kappa shape index (κ1) is 45.9. The average molecular weight is 975 g/mol. The van der Waals surface area contributed by atoms with Crippen molar-refractivity contribution >= 4 is 65.0 Å². The number of nitrogens with one attached hydrogen (secondary N) is 2. The lowest BCUT2D eigenvalue weighted by Gasteiger charge is -2.26. The van der Waals surface area contributed by atoms with Crippen LogP contribution in [0.3, 0.4) is 0 Å². The topological polar surface area (TPSA) is 180 Å². The maximum absolute atomic E-state index is 15.5. The first-order chi connectivity index (χ1) is 30.2. The van der Waals surface area contributed by atoms with E-state index < -0.39 is 127 Å². The van der Waals surface area contributed by atoms with Crippen molar-refractivity contribution in [3.05, 3.63) is 109 Å². The zero-order chi connectivity index (χ0) is 47.5. The van der Waals surface area contributed by atoms with Crippen LogP contribution in [0.25, 0.3) is 27.5 Å². The fourth-order valence-electron chi connectivity index (χ4n) is 8.34. The van der Waals surface area contributed by atoms with Gasteiger partial charge in [0.25, 0.3) is 24.3 Å². The summed E-state index contributed by atoms with van der Waals surface area (Å²) in [5, 5.41) is 9.46. The molecule has 346 valence electrons. The van der Waals surface area contributed by atoms with E-state index >= 15 is 13.6 Å². The SMILES string of the molecule is CC(C)(c1ccc2c(=O)n(-c3ccc(Cl)c4c(NS(C)(=O)=O)nn(CC(F)F)c34)c(C(Cc3cc(F)cc(F)c3)NC(=O)Cn3nc(C(F)F)c4c3C(F)(F)[C@@H]3C[C@H]43)nc2c1)S(C)(=O)=O. The van der Waals surface area contributed by atoms with Crippen molar-refractivity contribution < 1.29 is 56.8 Å². The normalized spacial score (nSPS) is 17.5. The highest BCUT2D eigenvalue weighted by Gasteiger charge is 2.67. The molecule has 25 heteroatoms. The second-order valence-corrected chi connectivity index (χ2v) is 21.2. The third-order valence-corrected chi connectivity index (χ3v) is 14.6. The van der Waals surface area contributed by atoms with Gasteiger partial charge in [-0.05, 0) is 73.7 Å². The summed E-state index contributed by atoms with van der Waals surface area (Å²) >= 11 is 6.55. The Kier molecular flexibility index (Phi) is 11.1. The van der Waals surface area contributed by atoms with Gasteiger partial charge in [-0.2, -0.15) is 19.0 Å². The number of aromatic nitrogens is 6. The zero-order valence-corrected chi connectivity index (χ0v) is 36.6. The molecule has 1 saturated carbocycles. The van der Waals surface area contributed by atoms with Crippen LogP contribution in [0.2, 0.25) is 5.02 Å². The van der Waals surface area contributed by atoms with Gasteiger partial charge in [0.05, 0.1) is 49.6 Å². The third-order valence-electron chi connectivity index (χ3n) is 11.6. The molecule has 3 heterocycles. The average Bonchev–Trinajstić information content (AvgIpc) is 3.70. The Balaban J connectivity index is 1.39. The summed E-state index contributed by atoms with van der Waals surface area (Å²) in [4.78, 5) is 33.9. The van der Waals surface area contributed by atoms with Crippen molar-refractivity contribution in [3.8, 4) is 5.69 Å². The molecule has 0 saturated heterocycles. The molecule has 65 heavy (non-hydrogen) atoms. The summed E-state index contributed by atoms with van der Waals surface area (Å²) in [6, 6.07) is 6.64. The third kappa shape index (κ3) is 8.21. The summed E-state index contributed by atoms with van der Waals surface area (Å²) in [6.45, 7) is 0.439. The Morgan fingerprint density at radius 3 is 2.26 bits per heavy atom. The van der Waals surface area contributed by atoms with Crippen LogP contribution in [0.4, 0.5) is 40.9 Å². The lowest BCUT2D eigenvalue weighted by atomic mass is 10.00. The Labute approximate surface area is 368 Å². The largest absolute Gasteiger partial charge is 0.344 e. The first-order valence-electron chi connectivity index (χ1n) is 19.4. The molecule has 3 atom stereocenters. The van der Waals surface area contributed by atoms with Crippen LogP contribution in [0, 0.1) is 17.6 Å². The Morgan fingerprint density at radius 2 is 1.65 bits per heavy atom. The molecular weight excluding hydrogens is 940 g/mol. The molecule has 0 spiro atoms. The molecule has 14 nitrogen and oxygen atoms in total. The van der Waals surface area contributed by atoms with Gasteiger partial charge in [0, 0.05) is 30.2 Å². The smallest absolute Gasteiger partial charge is 0.293 e. The number of sulfonamides is 1. The van der Waals surface area contributed by atoms with Gasteiger partial charge in [-0.3, -0.25) is 28.2 Å². The molecule has 0 bridgehead atoms. The molecular formula is C40H35ClF8N8O6S2. The fourth-order valence-corrected chi connectivity index (χ4v) is 9.63. The minimum absolute atomic E-state index is 0.0713. The van der Waals surface area contributed by atoms with Gasteiger partial charge >= 0.3 is 0 Å². The number of anilines is 1. The van der Waals surface area contributed by atoms with E-state index in [9.17, 15) is 48.0 Å². The fraction of sp³-hybridized carbons (Fsp3) is 0.375. The Bertz CT molecular complexity index is 3250. The number of rotatable bonds is 14. The van der Waals surface area contributed by atoms with Crippen LogP contribution in [-0.4, -0.2) is 70.8 Å². The van der Waals surface area contributed by atoms with Crippen molar-refractivity contribution in [2.45, 2.75) is 75.3 Å². The van der Waals surface area contributed by atoms with Crippen LogP contribution < -0.4 is 15.6 Å². The number of amides is 1. The maximum atomic E-state index is 15.5. The van der Waals surface area contributed by atoms with Crippen LogP contribution in [-0.2, 0) is 54.8 Å². The first-order valence-corrected chi connectivity index (χ1v) is 23.6. The summed E-state index contributed by atoms with van der Waals surface area (Å²) in [5.41, 5.74) is -4.21. The van der Waals surface area contributed by atoms with Crippen LogP contribution in [0.1, 0.15) is 72.6 Å². The molecule has 8 rings (SSSR count). The predicted octanol–water partition coefficient (Wildman–Crippen LogP) is 7.03. The summed E-state index contributed by atoms with van der Waals surface area (Å²) in [6.07, 6.45) is -5.43. The number of hydrogen-bond donors (Lipinski definition) is 2. The van der Waals surface area contributed by atoms with Crippen molar-refractivity contribution in [2.24, 2.45) is 5.92 Å². The lowest BCUT2D eigenvalue weighted by Crippen LogP contribution is -2.38. The van der Waals surface area contributed by atoms with Gasteiger partial charge in [0.15, 0.2) is 15.7 Å². The summed E-state index contributed by atoms with van der Waals surface area (Å²) in [7, 11) is -8.02. The van der Waals surface area contributed by atoms with E-state index in [0.29, 0.717) is 15.4 Å². The van der Waals surface area contributed by atoms with E-state index in [1.165, 1.54) is 38.1 Å². The van der Waals surface area contributed by atoms with Gasteiger partial charge in [0.1, 0.15) is 41.9 Å². The minimum Gasteiger partial charge on any atom is -0.344 e. The molecule has 0 aliphatic heterocycles. The van der Waals surface area contributed by atoms with Crippen molar-refractivity contribution in [1.29, 1.82) is 0 Å². The molecule has 6 aromatic rings. The number of hydrogen-bond acceptors (Lipinski definition) is 9. The van der Waals surface area contributed by atoms with Crippen LogP contribution >= 0.6 is 11.6 Å². The van der Waals surface area contributed by atoms with E-state index in [1.807, 2.05) is 0 Å². The summed E-state index contributed by atoms with van der Waals surface area (Å²) in [5.74, 6) is -10.3. The monoisotopic (exact) mass is 974 g/mol. The standard InChI is InChI=1S/C40H35ClF8N8O6S2/c1-39(2,64(3,60)61)18-5-6-21-25(12-18)51-37(57(38(21)59)27-8-7-24(41)31-33(27)55(15-28(44)45)53-36(31)54-65(4,62)63)26(11-17-9-19(42)13-20(43)10-17)50-29(58)16-56-34-30(32(52-56)35(46)47)22-14-23(22)40(34,48)49/h5-10,12-13,22-23,26,28,35H,11,14-16H2,1-4H3,(H,50,58)(H,53,54)/t22-,23+,26?/m0/s1. The number of halogens is 9. The van der Waals surface area contributed by atoms with E-state index in [2.05, 4.69) is 25.2 Å². The molecule has 3 aromatic heterocycles. The van der Waals surface area contributed by atoms with Crippen LogP contribution in [0.5, 0.6) is 0 Å². The minimum atomic E-state index is -4.16. The highest BCUT2D eigenvalue weighted by Crippen LogP contribution is 2.68. The molecule has 1 unspecified atom stereocenters. The molecule has 3 aromatic carbocycles. The summed E-state index contributed by atoms with van der Waals surface area (Å²) < 4.78 is 170. The van der Waals surface area contributed by atoms with Gasteiger partial charge in [-0.25, -0.2) is 48.2 Å². The Hall–Kier alpha value is -5.62. The van der Waals surface area contributed by atoms with Crippen molar-refractivity contribution in [3.63, 3.8) is 0 Å². The van der Waals surface area contributed by atoms with Crippen molar-refractivity contribution in [2.75, 3.05) is 17.2 Å². The predicted molar refractivity (Wildman–Crippen MR) is 221 cm³/mol. The van der Waals surface area contributed by atoms with Gasteiger partial charge in [-0.1, -0.05) is 17.7 Å². The zero-order valence-electron chi connectivity index (χ0n) is 34.2. The number of nitrogens with zero attached hydrogens (tertiary/aromatic N) is 6. The second kappa shape index (κ2) is 15.8. The van der Waals surface area contributed by atoms with E-state index in [1.54, 1.807) is 0 Å². The second-order valence-electron chi connectivity index (χ2n) is 16.5. The molecule has 0 radical (unpaired) electrons. The number of fused-ring (bicyclic) bond motifs is 5. The molecule has 2 aliphatic rings. The van der Waals surface area contributed by atoms with Crippen molar-refractivity contribution in [1.82, 2.24) is 34.4 Å². The highest BCUT2D eigenvalue weighted by atomic mass is 35.5. The quantitative estimate of drug-likeness (QED) is 0.109. The van der Waals surface area contributed by atoms with E-state index in [0.717, 1.165) is 35.3 Å². The van der Waals surface area contributed by atoms with E-state index in [4.69, 9.17) is 11.6 Å². The number of carbonyl (C=O) groups is 1. The molecule has 1 fully saturated rings. The number of alkyl halides is 6. The Morgan fingerprint density at radius 1 is 0.969 bits per heavy atom. The van der Waals surface area contributed by atoms with Gasteiger partial charge in [0.2, 0.25) is 15.9 Å².